The van der Waals surface area contributed by atoms with Crippen molar-refractivity contribution in [3.63, 3.8) is 0 Å². The normalized spacial score (nSPS) is 16.1. The van der Waals surface area contributed by atoms with Gasteiger partial charge in [-0.1, -0.05) is 11.6 Å². The van der Waals surface area contributed by atoms with Crippen molar-refractivity contribution in [2.75, 3.05) is 33.9 Å². The molecule has 0 saturated carbocycles. The lowest BCUT2D eigenvalue weighted by molar-refractivity contribution is -0.0241. The first-order valence-corrected chi connectivity index (χ1v) is 10.6. The zero-order valence-corrected chi connectivity index (χ0v) is 19.0. The van der Waals surface area contributed by atoms with Crippen molar-refractivity contribution in [1.29, 1.82) is 0 Å². The summed E-state index contributed by atoms with van der Waals surface area (Å²) >= 11 is 6.06. The number of rotatable bonds is 4. The summed E-state index contributed by atoms with van der Waals surface area (Å²) in [6.45, 7) is 0.728. The van der Waals surface area contributed by atoms with Gasteiger partial charge in [0.2, 0.25) is 0 Å². The molecule has 0 bridgehead atoms. The summed E-state index contributed by atoms with van der Waals surface area (Å²) in [5.41, 5.74) is -1.07. The summed E-state index contributed by atoms with van der Waals surface area (Å²) in [4.78, 5) is 29.5. The van der Waals surface area contributed by atoms with Crippen molar-refractivity contribution < 1.29 is 32.2 Å². The van der Waals surface area contributed by atoms with Gasteiger partial charge in [0, 0.05) is 37.3 Å². The van der Waals surface area contributed by atoms with E-state index in [1.54, 1.807) is 16.7 Å². The molecule has 1 aliphatic heterocycles. The summed E-state index contributed by atoms with van der Waals surface area (Å²) in [5, 5.41) is 2.48. The molecule has 12 heteroatoms. The molecule has 4 rings (SSSR count). The molecule has 8 nitrogen and oxygen atoms in total. The van der Waals surface area contributed by atoms with Crippen molar-refractivity contribution in [3.05, 3.63) is 58.1 Å². The highest BCUT2D eigenvalue weighted by Gasteiger charge is 2.31. The van der Waals surface area contributed by atoms with Crippen LogP contribution in [0.15, 0.2) is 24.4 Å². The molecule has 0 aliphatic carbocycles. The second-order valence-corrected chi connectivity index (χ2v) is 8.02. The minimum absolute atomic E-state index is 0.0866. The summed E-state index contributed by atoms with van der Waals surface area (Å²) in [6, 6.07) is 3.68. The van der Waals surface area contributed by atoms with Crippen LogP contribution in [0.25, 0.3) is 16.9 Å². The Kier molecular flexibility index (Phi) is 6.67. The zero-order chi connectivity index (χ0) is 24.6. The maximum absolute atomic E-state index is 15.1. The quantitative estimate of drug-likeness (QED) is 0.559. The van der Waals surface area contributed by atoms with Crippen LogP contribution < -0.4 is 5.32 Å². The van der Waals surface area contributed by atoms with E-state index >= 15 is 8.78 Å². The lowest BCUT2D eigenvalue weighted by atomic mass is 10.0. The fourth-order valence-corrected chi connectivity index (χ4v) is 4.09. The molecule has 2 amide bonds. The number of carbonyl (C=O) groups excluding carboxylic acids is 2. The molecule has 0 unspecified atom stereocenters. The molecule has 180 valence electrons. The van der Waals surface area contributed by atoms with E-state index in [4.69, 9.17) is 21.1 Å². The Bertz CT molecular complexity index is 1280. The van der Waals surface area contributed by atoms with Crippen LogP contribution in [-0.2, 0) is 15.9 Å². The molecule has 1 aliphatic rings. The van der Waals surface area contributed by atoms with Gasteiger partial charge in [-0.2, -0.15) is 0 Å². The van der Waals surface area contributed by atoms with E-state index in [9.17, 15) is 14.0 Å². The molecule has 2 aromatic heterocycles. The smallest absolute Gasteiger partial charge is 0.409 e. The standard InChI is InChI=1S/C22H20ClF3N4O4/c1-27-21(31)13-9-14(24)17(19(26)18(13)25)20-15(30-4-3-11(23)7-16(30)28-20)8-12-10-29(5-6-34-12)22(32)33-2/h3-4,7,9,12H,5-6,8,10H2,1-2H3,(H,27,31)/t12-/m0/s1. The fraction of sp³-hybridized carbons (Fsp3) is 0.318. The second-order valence-electron chi connectivity index (χ2n) is 7.58. The number of pyridine rings is 1. The van der Waals surface area contributed by atoms with Crippen molar-refractivity contribution in [3.8, 4) is 11.3 Å². The van der Waals surface area contributed by atoms with Crippen LogP contribution >= 0.6 is 11.6 Å². The van der Waals surface area contributed by atoms with Crippen LogP contribution in [-0.4, -0.2) is 66.2 Å². The molecule has 3 heterocycles. The Balaban J connectivity index is 1.83. The minimum Gasteiger partial charge on any atom is -0.453 e. The van der Waals surface area contributed by atoms with Crippen LogP contribution in [0.3, 0.4) is 0 Å². The van der Waals surface area contributed by atoms with Gasteiger partial charge in [0.05, 0.1) is 48.9 Å². The minimum atomic E-state index is -1.55. The highest BCUT2D eigenvalue weighted by Crippen LogP contribution is 2.34. The SMILES string of the molecule is CNC(=O)c1cc(F)c(-c2nc3cc(Cl)ccn3c2C[C@H]2CN(C(=O)OC)CCO2)c(F)c1F. The predicted octanol–water partition coefficient (Wildman–Crippen LogP) is 3.44. The number of nitrogens with zero attached hydrogens (tertiary/aromatic N) is 3. The third-order valence-electron chi connectivity index (χ3n) is 5.55. The number of benzene rings is 1. The molecule has 1 atom stereocenters. The lowest BCUT2D eigenvalue weighted by Crippen LogP contribution is -2.46. The van der Waals surface area contributed by atoms with Crippen LogP contribution in [0.1, 0.15) is 16.1 Å². The van der Waals surface area contributed by atoms with E-state index in [1.165, 1.54) is 25.1 Å². The molecular weight excluding hydrogens is 477 g/mol. The van der Waals surface area contributed by atoms with Crippen molar-refractivity contribution in [2.24, 2.45) is 0 Å². The maximum atomic E-state index is 15.1. The average molecular weight is 497 g/mol. The number of imidazole rings is 1. The number of halogens is 4. The molecule has 34 heavy (non-hydrogen) atoms. The molecule has 1 aromatic carbocycles. The Labute approximate surface area is 197 Å². The number of amides is 2. The molecule has 1 fully saturated rings. The van der Waals surface area contributed by atoms with E-state index in [0.29, 0.717) is 23.3 Å². The largest absolute Gasteiger partial charge is 0.453 e. The van der Waals surface area contributed by atoms with E-state index in [1.807, 2.05) is 0 Å². The molecular formula is C22H20ClF3N4O4. The van der Waals surface area contributed by atoms with Gasteiger partial charge in [-0.05, 0) is 12.1 Å². The van der Waals surface area contributed by atoms with Crippen LogP contribution in [0.5, 0.6) is 0 Å². The van der Waals surface area contributed by atoms with Gasteiger partial charge in [-0.25, -0.2) is 22.9 Å². The van der Waals surface area contributed by atoms with E-state index in [0.717, 1.165) is 0 Å². The lowest BCUT2D eigenvalue weighted by Gasteiger charge is -2.32. The van der Waals surface area contributed by atoms with Gasteiger partial charge in [0.15, 0.2) is 11.6 Å². The molecule has 0 radical (unpaired) electrons. The molecule has 0 spiro atoms. The molecule has 3 aromatic rings. The first-order valence-electron chi connectivity index (χ1n) is 10.3. The van der Waals surface area contributed by atoms with E-state index < -0.39 is 46.7 Å². The summed E-state index contributed by atoms with van der Waals surface area (Å²) < 4.78 is 57.0. The van der Waals surface area contributed by atoms with Gasteiger partial charge in [-0.15, -0.1) is 0 Å². The monoisotopic (exact) mass is 496 g/mol. The Hall–Kier alpha value is -3.31. The number of ether oxygens (including phenoxy) is 2. The van der Waals surface area contributed by atoms with Crippen LogP contribution in [0.2, 0.25) is 5.02 Å². The fourth-order valence-electron chi connectivity index (χ4n) is 3.93. The van der Waals surface area contributed by atoms with Crippen molar-refractivity contribution in [1.82, 2.24) is 19.6 Å². The van der Waals surface area contributed by atoms with Crippen molar-refractivity contribution >= 4 is 29.2 Å². The number of carbonyl (C=O) groups is 2. The van der Waals surface area contributed by atoms with Gasteiger partial charge < -0.3 is 24.1 Å². The number of nitrogens with one attached hydrogen (secondary N) is 1. The van der Waals surface area contributed by atoms with Crippen molar-refractivity contribution in [2.45, 2.75) is 12.5 Å². The number of morpholine rings is 1. The van der Waals surface area contributed by atoms with Crippen LogP contribution in [0, 0.1) is 17.5 Å². The highest BCUT2D eigenvalue weighted by molar-refractivity contribution is 6.30. The number of fused-ring (bicyclic) bond motifs is 1. The summed E-state index contributed by atoms with van der Waals surface area (Å²) in [7, 11) is 2.49. The van der Waals surface area contributed by atoms with E-state index in [2.05, 4.69) is 10.3 Å². The second kappa shape index (κ2) is 9.51. The predicted molar refractivity (Wildman–Crippen MR) is 116 cm³/mol. The summed E-state index contributed by atoms with van der Waals surface area (Å²) in [5.74, 6) is -5.17. The topological polar surface area (TPSA) is 85.2 Å². The van der Waals surface area contributed by atoms with E-state index in [-0.39, 0.29) is 30.9 Å². The number of aromatic nitrogens is 2. The third kappa shape index (κ3) is 4.28. The third-order valence-corrected chi connectivity index (χ3v) is 5.78. The van der Waals surface area contributed by atoms with Gasteiger partial charge in [0.1, 0.15) is 11.5 Å². The number of methoxy groups -OCH3 is 1. The highest BCUT2D eigenvalue weighted by atomic mass is 35.5. The average Bonchev–Trinajstić information content (AvgIpc) is 3.17. The first kappa shape index (κ1) is 23.8. The molecule has 1 saturated heterocycles. The van der Waals surface area contributed by atoms with Gasteiger partial charge in [-0.3, -0.25) is 4.79 Å². The zero-order valence-electron chi connectivity index (χ0n) is 18.2. The number of hydrogen-bond donors (Lipinski definition) is 1. The number of hydrogen-bond acceptors (Lipinski definition) is 5. The first-order chi connectivity index (χ1) is 16.2. The molecule has 1 N–H and O–H groups in total. The van der Waals surface area contributed by atoms with Crippen LogP contribution in [0.4, 0.5) is 18.0 Å². The Morgan fingerprint density at radius 2 is 2.06 bits per heavy atom. The van der Waals surface area contributed by atoms with Gasteiger partial charge in [0.25, 0.3) is 5.91 Å². The summed E-state index contributed by atoms with van der Waals surface area (Å²) in [6.07, 6.45) is 0.574. The van der Waals surface area contributed by atoms with Gasteiger partial charge >= 0.3 is 6.09 Å². The maximum Gasteiger partial charge on any atom is 0.409 e. The Morgan fingerprint density at radius 1 is 1.29 bits per heavy atom. The Morgan fingerprint density at radius 3 is 2.76 bits per heavy atom.